The summed E-state index contributed by atoms with van der Waals surface area (Å²) in [7, 11) is 1.67. The SMILES string of the molecule is COC(C)(C)CCn1nnc(C(=O)O)c1C1CC1. The van der Waals surface area contributed by atoms with Gasteiger partial charge >= 0.3 is 5.97 Å². The van der Waals surface area contributed by atoms with Crippen molar-refractivity contribution in [2.45, 2.75) is 51.2 Å². The number of carboxylic acids is 1. The molecule has 18 heavy (non-hydrogen) atoms. The third kappa shape index (κ3) is 2.69. The summed E-state index contributed by atoms with van der Waals surface area (Å²) >= 11 is 0. The van der Waals surface area contributed by atoms with Crippen LogP contribution in [0, 0.1) is 0 Å². The third-order valence-corrected chi connectivity index (χ3v) is 3.42. The lowest BCUT2D eigenvalue weighted by atomic mass is 10.1. The number of ether oxygens (including phenoxy) is 1. The number of hydrogen-bond donors (Lipinski definition) is 1. The predicted octanol–water partition coefficient (Wildman–Crippen LogP) is 1.67. The molecule has 0 unspecified atom stereocenters. The molecule has 100 valence electrons. The van der Waals surface area contributed by atoms with E-state index >= 15 is 0 Å². The molecule has 1 N–H and O–H groups in total. The van der Waals surface area contributed by atoms with Crippen LogP contribution in [0.2, 0.25) is 0 Å². The lowest BCUT2D eigenvalue weighted by Gasteiger charge is -2.22. The summed E-state index contributed by atoms with van der Waals surface area (Å²) in [6.07, 6.45) is 2.83. The van der Waals surface area contributed by atoms with E-state index in [-0.39, 0.29) is 11.3 Å². The Bertz CT molecular complexity index is 449. The van der Waals surface area contributed by atoms with Crippen molar-refractivity contribution in [1.29, 1.82) is 0 Å². The van der Waals surface area contributed by atoms with E-state index in [1.165, 1.54) is 0 Å². The first-order valence-corrected chi connectivity index (χ1v) is 6.16. The highest BCUT2D eigenvalue weighted by Crippen LogP contribution is 2.41. The Hall–Kier alpha value is -1.43. The van der Waals surface area contributed by atoms with Gasteiger partial charge in [0, 0.05) is 19.6 Å². The molecule has 0 aromatic carbocycles. The number of aromatic carboxylic acids is 1. The standard InChI is InChI=1S/C12H19N3O3/c1-12(2,18-3)6-7-15-10(8-4-5-8)9(11(16)17)13-14-15/h8H,4-7H2,1-3H3,(H,16,17). The van der Waals surface area contributed by atoms with Crippen molar-refractivity contribution in [2.24, 2.45) is 0 Å². The van der Waals surface area contributed by atoms with E-state index in [2.05, 4.69) is 10.3 Å². The van der Waals surface area contributed by atoms with E-state index in [4.69, 9.17) is 9.84 Å². The summed E-state index contributed by atoms with van der Waals surface area (Å²) in [6.45, 7) is 4.63. The summed E-state index contributed by atoms with van der Waals surface area (Å²) in [5, 5.41) is 16.8. The van der Waals surface area contributed by atoms with Gasteiger partial charge in [-0.25, -0.2) is 9.48 Å². The van der Waals surface area contributed by atoms with Crippen LogP contribution in [-0.4, -0.2) is 38.8 Å². The molecule has 1 heterocycles. The Kier molecular flexibility index (Phi) is 3.38. The van der Waals surface area contributed by atoms with Crippen LogP contribution >= 0.6 is 0 Å². The molecule has 1 aromatic rings. The van der Waals surface area contributed by atoms with Crippen LogP contribution in [0.1, 0.15) is 55.2 Å². The first kappa shape index (κ1) is 13.0. The summed E-state index contributed by atoms with van der Waals surface area (Å²) in [6, 6.07) is 0. The smallest absolute Gasteiger partial charge is 0.358 e. The van der Waals surface area contributed by atoms with Gasteiger partial charge < -0.3 is 9.84 Å². The zero-order valence-corrected chi connectivity index (χ0v) is 11.0. The summed E-state index contributed by atoms with van der Waals surface area (Å²) in [5.74, 6) is -0.675. The average molecular weight is 253 g/mol. The molecule has 0 bridgehead atoms. The number of aryl methyl sites for hydroxylation is 1. The Balaban J connectivity index is 2.15. The maximum atomic E-state index is 11.1. The predicted molar refractivity (Wildman–Crippen MR) is 64.7 cm³/mol. The van der Waals surface area contributed by atoms with Gasteiger partial charge in [-0.05, 0) is 33.1 Å². The van der Waals surface area contributed by atoms with Crippen molar-refractivity contribution in [3.8, 4) is 0 Å². The van der Waals surface area contributed by atoms with Gasteiger partial charge in [-0.1, -0.05) is 5.21 Å². The summed E-state index contributed by atoms with van der Waals surface area (Å²) in [4.78, 5) is 11.1. The molecule has 1 saturated carbocycles. The second kappa shape index (κ2) is 4.68. The van der Waals surface area contributed by atoms with Crippen molar-refractivity contribution in [2.75, 3.05) is 7.11 Å². The van der Waals surface area contributed by atoms with Crippen LogP contribution in [0.4, 0.5) is 0 Å². The van der Waals surface area contributed by atoms with Crippen LogP contribution in [0.5, 0.6) is 0 Å². The molecule has 2 rings (SSSR count). The molecule has 1 aliphatic carbocycles. The molecular formula is C12H19N3O3. The van der Waals surface area contributed by atoms with Gasteiger partial charge in [-0.2, -0.15) is 0 Å². The highest BCUT2D eigenvalue weighted by atomic mass is 16.5. The zero-order valence-electron chi connectivity index (χ0n) is 11.0. The van der Waals surface area contributed by atoms with E-state index in [1.54, 1.807) is 11.8 Å². The lowest BCUT2D eigenvalue weighted by Crippen LogP contribution is -2.25. The fraction of sp³-hybridized carbons (Fsp3) is 0.750. The Morgan fingerprint density at radius 2 is 2.22 bits per heavy atom. The number of hydrogen-bond acceptors (Lipinski definition) is 4. The highest BCUT2D eigenvalue weighted by molar-refractivity contribution is 5.86. The van der Waals surface area contributed by atoms with Gasteiger partial charge in [0.1, 0.15) is 0 Å². The van der Waals surface area contributed by atoms with E-state index in [9.17, 15) is 4.79 Å². The Morgan fingerprint density at radius 3 is 2.72 bits per heavy atom. The van der Waals surface area contributed by atoms with Crippen molar-refractivity contribution in [3.63, 3.8) is 0 Å². The number of carboxylic acid groups (broad SMARTS) is 1. The van der Waals surface area contributed by atoms with Gasteiger partial charge in [-0.15, -0.1) is 5.10 Å². The molecule has 1 fully saturated rings. The third-order valence-electron chi connectivity index (χ3n) is 3.42. The van der Waals surface area contributed by atoms with Gasteiger partial charge in [0.05, 0.1) is 11.3 Å². The number of carbonyl (C=O) groups is 1. The largest absolute Gasteiger partial charge is 0.476 e. The van der Waals surface area contributed by atoms with Crippen molar-refractivity contribution in [3.05, 3.63) is 11.4 Å². The maximum absolute atomic E-state index is 11.1. The summed E-state index contributed by atoms with van der Waals surface area (Å²) in [5.41, 5.74) is 0.637. The van der Waals surface area contributed by atoms with Crippen molar-refractivity contribution in [1.82, 2.24) is 15.0 Å². The average Bonchev–Trinajstić information content (AvgIpc) is 3.06. The van der Waals surface area contributed by atoms with Crippen LogP contribution in [0.25, 0.3) is 0 Å². The Labute approximate surface area is 106 Å². The zero-order chi connectivity index (χ0) is 13.3. The second-order valence-electron chi connectivity index (χ2n) is 5.34. The molecule has 1 aliphatic rings. The van der Waals surface area contributed by atoms with E-state index in [0.717, 1.165) is 25.0 Å². The van der Waals surface area contributed by atoms with Crippen LogP contribution < -0.4 is 0 Å². The van der Waals surface area contributed by atoms with E-state index < -0.39 is 5.97 Å². The molecule has 6 heteroatoms. The lowest BCUT2D eigenvalue weighted by molar-refractivity contribution is 0.0110. The molecule has 0 saturated heterocycles. The topological polar surface area (TPSA) is 77.2 Å². The molecule has 6 nitrogen and oxygen atoms in total. The van der Waals surface area contributed by atoms with Crippen molar-refractivity contribution >= 4 is 5.97 Å². The highest BCUT2D eigenvalue weighted by Gasteiger charge is 2.34. The number of nitrogens with zero attached hydrogens (tertiary/aromatic N) is 3. The molecule has 0 spiro atoms. The molecule has 0 radical (unpaired) electrons. The van der Waals surface area contributed by atoms with E-state index in [0.29, 0.717) is 12.5 Å². The fourth-order valence-corrected chi connectivity index (χ4v) is 1.88. The molecule has 1 aromatic heterocycles. The number of aromatic nitrogens is 3. The minimum absolute atomic E-state index is 0.104. The first-order valence-electron chi connectivity index (χ1n) is 6.16. The summed E-state index contributed by atoms with van der Waals surface area (Å²) < 4.78 is 7.08. The van der Waals surface area contributed by atoms with Gasteiger partial charge in [-0.3, -0.25) is 0 Å². The fourth-order valence-electron chi connectivity index (χ4n) is 1.88. The normalized spacial score (nSPS) is 15.9. The molecule has 0 amide bonds. The number of rotatable bonds is 6. The van der Waals surface area contributed by atoms with Gasteiger partial charge in [0.25, 0.3) is 0 Å². The Morgan fingerprint density at radius 1 is 1.56 bits per heavy atom. The number of methoxy groups -OCH3 is 1. The monoisotopic (exact) mass is 253 g/mol. The van der Waals surface area contributed by atoms with Crippen LogP contribution in [-0.2, 0) is 11.3 Å². The van der Waals surface area contributed by atoms with E-state index in [1.807, 2.05) is 13.8 Å². The molecular weight excluding hydrogens is 234 g/mol. The van der Waals surface area contributed by atoms with Crippen molar-refractivity contribution < 1.29 is 14.6 Å². The molecule has 0 atom stereocenters. The second-order valence-corrected chi connectivity index (χ2v) is 5.34. The van der Waals surface area contributed by atoms with Gasteiger partial charge in [0.2, 0.25) is 0 Å². The quantitative estimate of drug-likeness (QED) is 0.834. The first-order chi connectivity index (χ1) is 8.44. The van der Waals surface area contributed by atoms with Crippen LogP contribution in [0.3, 0.4) is 0 Å². The van der Waals surface area contributed by atoms with Crippen LogP contribution in [0.15, 0.2) is 0 Å². The maximum Gasteiger partial charge on any atom is 0.358 e. The van der Waals surface area contributed by atoms with Gasteiger partial charge in [0.15, 0.2) is 5.69 Å². The minimum atomic E-state index is -0.992. The minimum Gasteiger partial charge on any atom is -0.476 e. The molecule has 0 aliphatic heterocycles.